The summed E-state index contributed by atoms with van der Waals surface area (Å²) in [7, 11) is 0. The number of carbonyl (C=O) groups excluding carboxylic acids is 3. The minimum absolute atomic E-state index is 0.0661. The summed E-state index contributed by atoms with van der Waals surface area (Å²) in [5.74, 6) is -0.979. The third-order valence-electron chi connectivity index (χ3n) is 9.38. The summed E-state index contributed by atoms with van der Waals surface area (Å²) in [4.78, 5) is 66.6. The average Bonchev–Trinajstić information content (AvgIpc) is 3.60. The van der Waals surface area contributed by atoms with Crippen LogP contribution < -0.4 is 10.2 Å². The van der Waals surface area contributed by atoms with Crippen LogP contribution in [0.1, 0.15) is 36.8 Å². The number of rotatable bonds is 9. The van der Waals surface area contributed by atoms with Gasteiger partial charge >= 0.3 is 12.1 Å². The summed E-state index contributed by atoms with van der Waals surface area (Å²) in [6.07, 6.45) is -0.426. The van der Waals surface area contributed by atoms with Crippen molar-refractivity contribution in [3.63, 3.8) is 0 Å². The van der Waals surface area contributed by atoms with E-state index in [-0.39, 0.29) is 47.9 Å². The van der Waals surface area contributed by atoms with Crippen LogP contribution in [0.5, 0.6) is 0 Å². The van der Waals surface area contributed by atoms with Crippen LogP contribution in [0.25, 0.3) is 11.4 Å². The van der Waals surface area contributed by atoms with Crippen molar-refractivity contribution in [3.05, 3.63) is 78.0 Å². The molecule has 3 heterocycles. The van der Waals surface area contributed by atoms with Crippen LogP contribution >= 0.6 is 0 Å². The van der Waals surface area contributed by atoms with Crippen molar-refractivity contribution in [2.24, 2.45) is 23.7 Å². The number of anilines is 1. The summed E-state index contributed by atoms with van der Waals surface area (Å²) < 4.78 is 5.52. The second-order valence-corrected chi connectivity index (χ2v) is 13.0. The van der Waals surface area contributed by atoms with E-state index in [1.807, 2.05) is 86.3 Å². The lowest BCUT2D eigenvalue weighted by Gasteiger charge is -2.40. The summed E-state index contributed by atoms with van der Waals surface area (Å²) in [6.45, 7) is 7.83. The SMILES string of the molecule is CC(C)[C@H](NC(=O)c1cc(N2C[C@@H]3C(C(=O)O)[C@@H]3C2)nc(-c2ccccc2)n1)C(=O)N1CCN(C(=O)OCc2ccccc2)[C@H](C)C1. The van der Waals surface area contributed by atoms with Crippen molar-refractivity contribution in [1.29, 1.82) is 0 Å². The average molecular weight is 641 g/mol. The molecule has 47 heavy (non-hydrogen) atoms. The lowest BCUT2D eigenvalue weighted by Crippen LogP contribution is -2.60. The van der Waals surface area contributed by atoms with E-state index in [4.69, 9.17) is 9.72 Å². The molecule has 1 saturated carbocycles. The summed E-state index contributed by atoms with van der Waals surface area (Å²) >= 11 is 0. The molecule has 246 valence electrons. The highest BCUT2D eigenvalue weighted by Gasteiger charge is 2.60. The van der Waals surface area contributed by atoms with Crippen LogP contribution in [0, 0.1) is 23.7 Å². The number of benzene rings is 2. The molecule has 2 aliphatic heterocycles. The quantitative estimate of drug-likeness (QED) is 0.359. The molecule has 3 aliphatic rings. The molecule has 0 bridgehead atoms. The molecular weight excluding hydrogens is 600 g/mol. The zero-order chi connectivity index (χ0) is 33.2. The number of hydrogen-bond acceptors (Lipinski definition) is 8. The minimum atomic E-state index is -0.819. The number of nitrogens with zero attached hydrogens (tertiary/aromatic N) is 5. The van der Waals surface area contributed by atoms with E-state index in [1.54, 1.807) is 15.9 Å². The molecule has 1 aliphatic carbocycles. The molecule has 5 atom stereocenters. The standard InChI is InChI=1S/C35H40N6O6/c1-21(2)30(33(43)39-14-15-41(22(3)17-39)35(46)47-20-23-10-6-4-7-11-23)38-32(42)27-16-28(37-31(36-27)24-12-8-5-9-13-24)40-18-25-26(19-40)29(25)34(44)45/h4-13,16,21-22,25-26,29-30H,14-15,17-20H2,1-3H3,(H,38,42)(H,44,45)/t22-,25-,26+,29?,30+/m1/s1. The van der Waals surface area contributed by atoms with Crippen LogP contribution in [-0.2, 0) is 20.9 Å². The van der Waals surface area contributed by atoms with Crippen molar-refractivity contribution in [2.75, 3.05) is 37.6 Å². The second-order valence-electron chi connectivity index (χ2n) is 13.0. The number of hydrogen-bond donors (Lipinski definition) is 2. The van der Waals surface area contributed by atoms with E-state index in [0.29, 0.717) is 44.4 Å². The Hall–Kier alpha value is -5.00. The van der Waals surface area contributed by atoms with Crippen molar-refractivity contribution < 1.29 is 29.0 Å². The van der Waals surface area contributed by atoms with Crippen LogP contribution in [-0.4, -0.2) is 93.6 Å². The van der Waals surface area contributed by atoms with Crippen LogP contribution in [0.15, 0.2) is 66.7 Å². The number of piperazine rings is 1. The van der Waals surface area contributed by atoms with Crippen molar-refractivity contribution in [2.45, 2.75) is 39.5 Å². The number of fused-ring (bicyclic) bond motifs is 1. The van der Waals surface area contributed by atoms with Gasteiger partial charge in [0.2, 0.25) is 5.91 Å². The summed E-state index contributed by atoms with van der Waals surface area (Å²) in [6, 6.07) is 19.3. The number of ether oxygens (including phenoxy) is 1. The number of amides is 3. The molecule has 0 spiro atoms. The Morgan fingerprint density at radius 2 is 1.60 bits per heavy atom. The highest BCUT2D eigenvalue weighted by molar-refractivity contribution is 5.97. The van der Waals surface area contributed by atoms with Gasteiger partial charge in [0, 0.05) is 50.4 Å². The number of carboxylic acid groups (broad SMARTS) is 1. The molecule has 2 N–H and O–H groups in total. The maximum atomic E-state index is 13.8. The number of nitrogens with one attached hydrogen (secondary N) is 1. The van der Waals surface area contributed by atoms with Gasteiger partial charge in [-0.3, -0.25) is 14.4 Å². The number of aromatic nitrogens is 2. The lowest BCUT2D eigenvalue weighted by atomic mass is 10.0. The van der Waals surface area contributed by atoms with Gasteiger partial charge in [-0.25, -0.2) is 14.8 Å². The van der Waals surface area contributed by atoms with Crippen molar-refractivity contribution >= 4 is 29.7 Å². The van der Waals surface area contributed by atoms with E-state index in [0.717, 1.165) is 11.1 Å². The number of carbonyl (C=O) groups is 4. The van der Waals surface area contributed by atoms with E-state index >= 15 is 0 Å². The van der Waals surface area contributed by atoms with Gasteiger partial charge in [-0.05, 0) is 30.2 Å². The number of piperidine rings is 1. The Labute approximate surface area is 273 Å². The smallest absolute Gasteiger partial charge is 0.410 e. The summed E-state index contributed by atoms with van der Waals surface area (Å²) in [5.41, 5.74) is 1.76. The zero-order valence-electron chi connectivity index (χ0n) is 26.8. The fourth-order valence-corrected chi connectivity index (χ4v) is 6.67. The number of carboxylic acids is 1. The molecule has 0 radical (unpaired) electrons. The number of aliphatic carboxylic acids is 1. The summed E-state index contributed by atoms with van der Waals surface area (Å²) in [5, 5.41) is 12.4. The predicted octanol–water partition coefficient (Wildman–Crippen LogP) is 3.53. The van der Waals surface area contributed by atoms with Crippen LogP contribution in [0.4, 0.5) is 10.6 Å². The lowest BCUT2D eigenvalue weighted by molar-refractivity contribution is -0.139. The minimum Gasteiger partial charge on any atom is -0.481 e. The molecule has 2 aromatic carbocycles. The topological polar surface area (TPSA) is 145 Å². The van der Waals surface area contributed by atoms with Crippen LogP contribution in [0.3, 0.4) is 0 Å². The van der Waals surface area contributed by atoms with Gasteiger partial charge in [-0.1, -0.05) is 74.5 Å². The highest BCUT2D eigenvalue weighted by Crippen LogP contribution is 2.52. The van der Waals surface area contributed by atoms with Crippen molar-refractivity contribution in [1.82, 2.24) is 25.1 Å². The molecule has 12 nitrogen and oxygen atoms in total. The maximum Gasteiger partial charge on any atom is 0.410 e. The van der Waals surface area contributed by atoms with E-state index < -0.39 is 24.0 Å². The Kier molecular flexibility index (Phi) is 9.10. The fraction of sp³-hybridized carbons (Fsp3) is 0.429. The first-order valence-electron chi connectivity index (χ1n) is 16.1. The largest absolute Gasteiger partial charge is 0.481 e. The van der Waals surface area contributed by atoms with E-state index in [1.165, 1.54) is 0 Å². The molecule has 1 aromatic heterocycles. The third-order valence-corrected chi connectivity index (χ3v) is 9.38. The fourth-order valence-electron chi connectivity index (χ4n) is 6.67. The van der Waals surface area contributed by atoms with Gasteiger partial charge in [-0.2, -0.15) is 0 Å². The molecular formula is C35H40N6O6. The molecule has 6 rings (SSSR count). The Morgan fingerprint density at radius 1 is 0.936 bits per heavy atom. The van der Waals surface area contributed by atoms with Crippen molar-refractivity contribution in [3.8, 4) is 11.4 Å². The van der Waals surface area contributed by atoms with Gasteiger partial charge in [0.15, 0.2) is 5.82 Å². The molecule has 1 unspecified atom stereocenters. The van der Waals surface area contributed by atoms with Gasteiger partial charge in [0.05, 0.1) is 5.92 Å². The zero-order valence-corrected chi connectivity index (χ0v) is 26.8. The first-order valence-corrected chi connectivity index (χ1v) is 16.1. The molecule has 3 aromatic rings. The molecule has 3 amide bonds. The van der Waals surface area contributed by atoms with Gasteiger partial charge in [-0.15, -0.1) is 0 Å². The third kappa shape index (κ3) is 6.91. The van der Waals surface area contributed by atoms with E-state index in [2.05, 4.69) is 10.3 Å². The Morgan fingerprint density at radius 3 is 2.21 bits per heavy atom. The van der Waals surface area contributed by atoms with E-state index in [9.17, 15) is 24.3 Å². The highest BCUT2D eigenvalue weighted by atomic mass is 16.6. The first kappa shape index (κ1) is 32.0. The van der Waals surface area contributed by atoms with Crippen LogP contribution in [0.2, 0.25) is 0 Å². The Balaban J connectivity index is 1.13. The second kappa shape index (κ2) is 13.4. The molecule has 12 heteroatoms. The normalized spacial score (nSPS) is 22.4. The molecule has 3 fully saturated rings. The monoisotopic (exact) mass is 640 g/mol. The first-order chi connectivity index (χ1) is 22.6. The maximum absolute atomic E-state index is 13.8. The predicted molar refractivity (Wildman–Crippen MR) is 173 cm³/mol. The molecule has 2 saturated heterocycles. The van der Waals surface area contributed by atoms with Gasteiger partial charge in [0.1, 0.15) is 24.2 Å². The Bertz CT molecular complexity index is 1620. The van der Waals surface area contributed by atoms with Gasteiger partial charge < -0.3 is 29.9 Å². The van der Waals surface area contributed by atoms with Gasteiger partial charge in [0.25, 0.3) is 5.91 Å².